The molecule has 2 N–H and O–H groups in total. The van der Waals surface area contributed by atoms with Gasteiger partial charge in [-0.1, -0.05) is 6.92 Å². The summed E-state index contributed by atoms with van der Waals surface area (Å²) in [6, 6.07) is 6.36. The van der Waals surface area contributed by atoms with Crippen molar-refractivity contribution in [1.82, 2.24) is 9.97 Å². The molecule has 0 saturated heterocycles. The Hall–Kier alpha value is -1.44. The molecule has 1 aromatic heterocycles. The maximum Gasteiger partial charge on any atom is 0.224 e. The number of hydrogen-bond donors (Lipinski definition) is 2. The van der Waals surface area contributed by atoms with Crippen molar-refractivity contribution in [2.24, 2.45) is 0 Å². The Morgan fingerprint density at radius 3 is 2.89 bits per heavy atom. The van der Waals surface area contributed by atoms with Gasteiger partial charge in [0.15, 0.2) is 0 Å². The van der Waals surface area contributed by atoms with Crippen LogP contribution in [-0.4, -0.2) is 16.5 Å². The fourth-order valence-electron chi connectivity index (χ4n) is 1.48. The largest absolute Gasteiger partial charge is 0.354 e. The monoisotopic (exact) mass is 372 g/mol. The van der Waals surface area contributed by atoms with E-state index < -0.39 is 0 Å². The highest BCUT2D eigenvalue weighted by molar-refractivity contribution is 14.1. The standard InChI is InChI=1S/C13H14FIN4/c1-2-6-16-13-17-7-5-12(19-13)18-11-4-3-9(14)8-10(11)15/h3-5,7-8H,2,6H2,1H3,(H2,16,17,18,19). The molecule has 0 radical (unpaired) electrons. The summed E-state index contributed by atoms with van der Waals surface area (Å²) in [5.41, 5.74) is 0.821. The van der Waals surface area contributed by atoms with Crippen molar-refractivity contribution in [3.8, 4) is 0 Å². The third-order valence-electron chi connectivity index (χ3n) is 2.38. The van der Waals surface area contributed by atoms with Gasteiger partial charge in [-0.2, -0.15) is 4.98 Å². The molecule has 0 unspecified atom stereocenters. The van der Waals surface area contributed by atoms with Gasteiger partial charge in [0, 0.05) is 16.3 Å². The molecule has 2 rings (SSSR count). The molecule has 0 bridgehead atoms. The van der Waals surface area contributed by atoms with Crippen LogP contribution in [0.3, 0.4) is 0 Å². The first kappa shape index (κ1) is 14.0. The number of nitrogens with one attached hydrogen (secondary N) is 2. The van der Waals surface area contributed by atoms with E-state index in [0.717, 1.165) is 22.2 Å². The molecule has 0 atom stereocenters. The molecule has 2 aromatic rings. The van der Waals surface area contributed by atoms with Crippen LogP contribution in [0.5, 0.6) is 0 Å². The number of rotatable bonds is 5. The molecule has 0 fully saturated rings. The molecule has 4 nitrogen and oxygen atoms in total. The summed E-state index contributed by atoms with van der Waals surface area (Å²) in [5.74, 6) is 1.02. The predicted octanol–water partition coefficient (Wildman–Crippen LogP) is 3.79. The van der Waals surface area contributed by atoms with E-state index in [1.54, 1.807) is 18.3 Å². The van der Waals surface area contributed by atoms with Crippen molar-refractivity contribution in [2.75, 3.05) is 17.2 Å². The van der Waals surface area contributed by atoms with Crippen molar-refractivity contribution in [2.45, 2.75) is 13.3 Å². The molecule has 1 heterocycles. The van der Waals surface area contributed by atoms with E-state index >= 15 is 0 Å². The topological polar surface area (TPSA) is 49.8 Å². The van der Waals surface area contributed by atoms with Crippen LogP contribution in [0.2, 0.25) is 0 Å². The van der Waals surface area contributed by atoms with Crippen LogP contribution in [0, 0.1) is 9.39 Å². The number of anilines is 3. The number of benzene rings is 1. The first-order valence-corrected chi connectivity index (χ1v) is 7.06. The van der Waals surface area contributed by atoms with Crippen molar-refractivity contribution in [3.05, 3.63) is 39.8 Å². The summed E-state index contributed by atoms with van der Waals surface area (Å²) < 4.78 is 13.8. The lowest BCUT2D eigenvalue weighted by atomic mass is 10.3. The number of aromatic nitrogens is 2. The highest BCUT2D eigenvalue weighted by Gasteiger charge is 2.03. The Bertz CT molecular complexity index is 562. The molecule has 0 aliphatic rings. The van der Waals surface area contributed by atoms with Gasteiger partial charge < -0.3 is 10.6 Å². The zero-order valence-corrected chi connectivity index (χ0v) is 12.6. The minimum atomic E-state index is -0.247. The van der Waals surface area contributed by atoms with E-state index in [-0.39, 0.29) is 5.82 Å². The number of hydrogen-bond acceptors (Lipinski definition) is 4. The van der Waals surface area contributed by atoms with Crippen LogP contribution in [0.4, 0.5) is 21.8 Å². The smallest absolute Gasteiger partial charge is 0.224 e. The SMILES string of the molecule is CCCNc1nccc(Nc2ccc(F)cc2I)n1. The second-order valence-electron chi connectivity index (χ2n) is 3.94. The van der Waals surface area contributed by atoms with Gasteiger partial charge >= 0.3 is 0 Å². The zero-order chi connectivity index (χ0) is 13.7. The quantitative estimate of drug-likeness (QED) is 0.785. The van der Waals surface area contributed by atoms with Gasteiger partial charge in [0.1, 0.15) is 11.6 Å². The van der Waals surface area contributed by atoms with E-state index in [0.29, 0.717) is 11.8 Å². The lowest BCUT2D eigenvalue weighted by molar-refractivity contribution is 0.627. The second-order valence-corrected chi connectivity index (χ2v) is 5.10. The molecule has 19 heavy (non-hydrogen) atoms. The number of nitrogens with zero attached hydrogens (tertiary/aromatic N) is 2. The van der Waals surface area contributed by atoms with Crippen molar-refractivity contribution >= 4 is 40.0 Å². The zero-order valence-electron chi connectivity index (χ0n) is 10.5. The average molecular weight is 372 g/mol. The number of halogens is 2. The summed E-state index contributed by atoms with van der Waals surface area (Å²) in [7, 11) is 0. The van der Waals surface area contributed by atoms with E-state index in [4.69, 9.17) is 0 Å². The van der Waals surface area contributed by atoms with E-state index in [9.17, 15) is 4.39 Å². The molecule has 6 heteroatoms. The van der Waals surface area contributed by atoms with Crippen molar-refractivity contribution < 1.29 is 4.39 Å². The Balaban J connectivity index is 2.14. The first-order chi connectivity index (χ1) is 9.19. The highest BCUT2D eigenvalue weighted by Crippen LogP contribution is 2.22. The molecule has 0 aliphatic carbocycles. The molecular weight excluding hydrogens is 358 g/mol. The third-order valence-corrected chi connectivity index (χ3v) is 3.28. The Kier molecular flexibility index (Phi) is 4.89. The Morgan fingerprint density at radius 2 is 2.16 bits per heavy atom. The van der Waals surface area contributed by atoms with Gasteiger partial charge in [0.2, 0.25) is 5.95 Å². The summed E-state index contributed by atoms with van der Waals surface area (Å²) in [6.45, 7) is 2.91. The van der Waals surface area contributed by atoms with Gasteiger partial charge in [0.25, 0.3) is 0 Å². The van der Waals surface area contributed by atoms with Crippen molar-refractivity contribution in [1.29, 1.82) is 0 Å². The highest BCUT2D eigenvalue weighted by atomic mass is 127. The van der Waals surface area contributed by atoms with E-state index in [2.05, 4.69) is 50.1 Å². The fourth-order valence-corrected chi connectivity index (χ4v) is 2.09. The van der Waals surface area contributed by atoms with Crippen LogP contribution in [0.25, 0.3) is 0 Å². The lowest BCUT2D eigenvalue weighted by Gasteiger charge is -2.09. The molecular formula is C13H14FIN4. The lowest BCUT2D eigenvalue weighted by Crippen LogP contribution is -2.05. The van der Waals surface area contributed by atoms with E-state index in [1.807, 2.05) is 0 Å². The molecule has 0 amide bonds. The third kappa shape index (κ3) is 4.02. The summed E-state index contributed by atoms with van der Waals surface area (Å²) in [5, 5.41) is 6.27. The summed E-state index contributed by atoms with van der Waals surface area (Å²) >= 11 is 2.08. The van der Waals surface area contributed by atoms with Crippen molar-refractivity contribution in [3.63, 3.8) is 0 Å². The summed E-state index contributed by atoms with van der Waals surface area (Å²) in [6.07, 6.45) is 2.70. The van der Waals surface area contributed by atoms with Gasteiger partial charge in [-0.05, 0) is 53.3 Å². The van der Waals surface area contributed by atoms with Gasteiger partial charge in [0.05, 0.1) is 5.69 Å². The minimum Gasteiger partial charge on any atom is -0.354 e. The molecule has 100 valence electrons. The molecule has 1 aromatic carbocycles. The normalized spacial score (nSPS) is 10.3. The maximum absolute atomic E-state index is 13.0. The molecule has 0 saturated carbocycles. The van der Waals surface area contributed by atoms with Crippen LogP contribution in [0.15, 0.2) is 30.5 Å². The first-order valence-electron chi connectivity index (χ1n) is 5.98. The van der Waals surface area contributed by atoms with Gasteiger partial charge in [-0.3, -0.25) is 0 Å². The summed E-state index contributed by atoms with van der Waals surface area (Å²) in [4.78, 5) is 8.47. The van der Waals surface area contributed by atoms with Crippen LogP contribution in [-0.2, 0) is 0 Å². The average Bonchev–Trinajstić information content (AvgIpc) is 2.40. The van der Waals surface area contributed by atoms with Crippen LogP contribution in [0.1, 0.15) is 13.3 Å². The predicted molar refractivity (Wildman–Crippen MR) is 83.2 cm³/mol. The van der Waals surface area contributed by atoms with Gasteiger partial charge in [-0.15, -0.1) is 0 Å². The van der Waals surface area contributed by atoms with Crippen LogP contribution < -0.4 is 10.6 Å². The molecule has 0 aliphatic heterocycles. The second kappa shape index (κ2) is 6.65. The Labute approximate surface area is 125 Å². The fraction of sp³-hybridized carbons (Fsp3) is 0.231. The van der Waals surface area contributed by atoms with Gasteiger partial charge in [-0.25, -0.2) is 9.37 Å². The molecule has 0 spiro atoms. The maximum atomic E-state index is 13.0. The minimum absolute atomic E-state index is 0.247. The van der Waals surface area contributed by atoms with Crippen LogP contribution >= 0.6 is 22.6 Å². The Morgan fingerprint density at radius 1 is 1.32 bits per heavy atom. The van der Waals surface area contributed by atoms with E-state index in [1.165, 1.54) is 12.1 Å².